The maximum Gasteiger partial charge on any atom is 0.407 e. The fraction of sp³-hybridized carbons (Fsp3) is 0.250. The number of hydrogen-bond donors (Lipinski definition) is 2. The Kier molecular flexibility index (Phi) is 3.06. The van der Waals surface area contributed by atoms with Crippen LogP contribution in [0.5, 0.6) is 5.75 Å². The molecular formula is C8H7BrF3NO. The SMILES string of the molecule is N[C@@H](c1cccc(O)c1Br)C(F)(F)F. The van der Waals surface area contributed by atoms with Gasteiger partial charge in [0.05, 0.1) is 4.47 Å². The number of phenolic OH excluding ortho intramolecular Hbond substituents is 1. The van der Waals surface area contributed by atoms with E-state index in [2.05, 4.69) is 15.9 Å². The Hall–Kier alpha value is -0.750. The number of phenols is 1. The number of aromatic hydroxyl groups is 1. The molecule has 1 aromatic carbocycles. The zero-order valence-corrected chi connectivity index (χ0v) is 8.43. The van der Waals surface area contributed by atoms with Gasteiger partial charge in [-0.2, -0.15) is 13.2 Å². The third-order valence-electron chi connectivity index (χ3n) is 1.70. The first-order valence-electron chi connectivity index (χ1n) is 3.63. The lowest BCUT2D eigenvalue weighted by Crippen LogP contribution is -2.28. The van der Waals surface area contributed by atoms with E-state index in [4.69, 9.17) is 10.8 Å². The molecule has 0 aliphatic carbocycles. The molecule has 0 radical (unpaired) electrons. The van der Waals surface area contributed by atoms with Crippen molar-refractivity contribution in [3.05, 3.63) is 28.2 Å². The lowest BCUT2D eigenvalue weighted by Gasteiger charge is -2.17. The summed E-state index contributed by atoms with van der Waals surface area (Å²) in [6.45, 7) is 0. The molecule has 0 saturated carbocycles. The Labute approximate surface area is 86.7 Å². The summed E-state index contributed by atoms with van der Waals surface area (Å²) < 4.78 is 36.6. The van der Waals surface area contributed by atoms with Crippen molar-refractivity contribution < 1.29 is 18.3 Å². The van der Waals surface area contributed by atoms with Gasteiger partial charge in [0, 0.05) is 0 Å². The van der Waals surface area contributed by atoms with Crippen LogP contribution in [0.15, 0.2) is 22.7 Å². The number of nitrogens with two attached hydrogens (primary N) is 1. The molecule has 2 nitrogen and oxygen atoms in total. The zero-order chi connectivity index (χ0) is 10.9. The summed E-state index contributed by atoms with van der Waals surface area (Å²) in [6, 6.07) is 1.70. The first kappa shape index (κ1) is 11.3. The van der Waals surface area contributed by atoms with Crippen LogP contribution in [0.1, 0.15) is 11.6 Å². The minimum Gasteiger partial charge on any atom is -0.507 e. The molecule has 1 atom stereocenters. The van der Waals surface area contributed by atoms with E-state index >= 15 is 0 Å². The zero-order valence-electron chi connectivity index (χ0n) is 6.85. The van der Waals surface area contributed by atoms with Gasteiger partial charge in [-0.05, 0) is 27.6 Å². The highest BCUT2D eigenvalue weighted by molar-refractivity contribution is 9.10. The van der Waals surface area contributed by atoms with Crippen molar-refractivity contribution in [1.29, 1.82) is 0 Å². The van der Waals surface area contributed by atoms with E-state index in [1.54, 1.807) is 0 Å². The van der Waals surface area contributed by atoms with Gasteiger partial charge < -0.3 is 10.8 Å². The summed E-state index contributed by atoms with van der Waals surface area (Å²) in [5, 5.41) is 9.14. The average Bonchev–Trinajstić information content (AvgIpc) is 2.07. The highest BCUT2D eigenvalue weighted by atomic mass is 79.9. The normalized spacial score (nSPS) is 14.1. The third-order valence-corrected chi connectivity index (χ3v) is 2.56. The molecule has 0 aliphatic rings. The van der Waals surface area contributed by atoms with E-state index in [0.717, 1.165) is 0 Å². The molecule has 1 aromatic rings. The Morgan fingerprint density at radius 1 is 1.36 bits per heavy atom. The second-order valence-corrected chi connectivity index (χ2v) is 3.49. The molecule has 1 rings (SSSR count). The topological polar surface area (TPSA) is 46.2 Å². The average molecular weight is 270 g/mol. The Balaban J connectivity index is 3.14. The van der Waals surface area contributed by atoms with Crippen LogP contribution in [-0.4, -0.2) is 11.3 Å². The van der Waals surface area contributed by atoms with Crippen molar-refractivity contribution in [2.75, 3.05) is 0 Å². The number of benzene rings is 1. The number of alkyl halides is 3. The van der Waals surface area contributed by atoms with Crippen LogP contribution in [0.4, 0.5) is 13.2 Å². The molecule has 0 heterocycles. The number of halogens is 4. The maximum absolute atomic E-state index is 12.2. The minimum absolute atomic E-state index is 0.0233. The van der Waals surface area contributed by atoms with Crippen molar-refractivity contribution in [3.8, 4) is 5.75 Å². The lowest BCUT2D eigenvalue weighted by atomic mass is 10.1. The molecule has 0 amide bonds. The Bertz CT molecular complexity index is 340. The second-order valence-electron chi connectivity index (χ2n) is 2.70. The van der Waals surface area contributed by atoms with Crippen LogP contribution in [0.2, 0.25) is 0 Å². The highest BCUT2D eigenvalue weighted by Crippen LogP contribution is 2.37. The van der Waals surface area contributed by atoms with Crippen LogP contribution >= 0.6 is 15.9 Å². The van der Waals surface area contributed by atoms with Crippen LogP contribution in [0, 0.1) is 0 Å². The first-order chi connectivity index (χ1) is 6.34. The largest absolute Gasteiger partial charge is 0.507 e. The van der Waals surface area contributed by atoms with Gasteiger partial charge in [-0.1, -0.05) is 12.1 Å². The molecule has 14 heavy (non-hydrogen) atoms. The standard InChI is InChI=1S/C8H7BrF3NO/c9-6-4(2-1-3-5(6)14)7(13)8(10,11)12/h1-3,7,14H,13H2/t7-/m0/s1. The Morgan fingerprint density at radius 3 is 2.43 bits per heavy atom. The third kappa shape index (κ3) is 2.19. The fourth-order valence-electron chi connectivity index (χ4n) is 0.954. The number of rotatable bonds is 1. The molecule has 3 N–H and O–H groups in total. The summed E-state index contributed by atoms with van der Waals surface area (Å²) in [6.07, 6.45) is -4.52. The smallest absolute Gasteiger partial charge is 0.407 e. The van der Waals surface area contributed by atoms with E-state index in [9.17, 15) is 13.2 Å². The summed E-state index contributed by atoms with van der Waals surface area (Å²) in [4.78, 5) is 0. The lowest BCUT2D eigenvalue weighted by molar-refractivity contribution is -0.149. The summed E-state index contributed by atoms with van der Waals surface area (Å²) in [7, 11) is 0. The predicted octanol–water partition coefficient (Wildman–Crippen LogP) is 2.72. The van der Waals surface area contributed by atoms with Crippen molar-refractivity contribution in [2.24, 2.45) is 5.73 Å². The molecule has 0 fully saturated rings. The molecule has 0 aromatic heterocycles. The number of hydrogen-bond acceptors (Lipinski definition) is 2. The van der Waals surface area contributed by atoms with Gasteiger partial charge in [-0.3, -0.25) is 0 Å². The molecule has 0 bridgehead atoms. The molecule has 0 spiro atoms. The second kappa shape index (κ2) is 3.78. The van der Waals surface area contributed by atoms with Gasteiger partial charge in [0.2, 0.25) is 0 Å². The van der Waals surface area contributed by atoms with Crippen LogP contribution in [0.25, 0.3) is 0 Å². The molecular weight excluding hydrogens is 263 g/mol. The van der Waals surface area contributed by atoms with E-state index in [0.29, 0.717) is 0 Å². The van der Waals surface area contributed by atoms with Crippen molar-refractivity contribution >= 4 is 15.9 Å². The monoisotopic (exact) mass is 269 g/mol. The Morgan fingerprint density at radius 2 is 1.93 bits per heavy atom. The van der Waals surface area contributed by atoms with Gasteiger partial charge in [-0.15, -0.1) is 0 Å². The fourth-order valence-corrected chi connectivity index (χ4v) is 1.46. The summed E-state index contributed by atoms with van der Waals surface area (Å²) >= 11 is 2.84. The predicted molar refractivity (Wildman–Crippen MR) is 48.8 cm³/mol. The summed E-state index contributed by atoms with van der Waals surface area (Å²) in [5.74, 6) is -0.262. The first-order valence-corrected chi connectivity index (χ1v) is 4.43. The van der Waals surface area contributed by atoms with Crippen molar-refractivity contribution in [3.63, 3.8) is 0 Å². The van der Waals surface area contributed by atoms with Gasteiger partial charge in [-0.25, -0.2) is 0 Å². The van der Waals surface area contributed by atoms with E-state index in [1.807, 2.05) is 0 Å². The van der Waals surface area contributed by atoms with Gasteiger partial charge in [0.15, 0.2) is 0 Å². The van der Waals surface area contributed by atoms with Gasteiger partial charge >= 0.3 is 6.18 Å². The van der Waals surface area contributed by atoms with E-state index in [-0.39, 0.29) is 15.8 Å². The maximum atomic E-state index is 12.2. The highest BCUT2D eigenvalue weighted by Gasteiger charge is 2.39. The quantitative estimate of drug-likeness (QED) is 0.824. The molecule has 0 aliphatic heterocycles. The molecule has 78 valence electrons. The van der Waals surface area contributed by atoms with E-state index < -0.39 is 12.2 Å². The van der Waals surface area contributed by atoms with Gasteiger partial charge in [0.1, 0.15) is 11.8 Å². The molecule has 6 heteroatoms. The van der Waals surface area contributed by atoms with Crippen LogP contribution in [-0.2, 0) is 0 Å². The van der Waals surface area contributed by atoms with Crippen LogP contribution in [0.3, 0.4) is 0 Å². The summed E-state index contributed by atoms with van der Waals surface area (Å²) in [5.41, 5.74) is 4.79. The van der Waals surface area contributed by atoms with Gasteiger partial charge in [0.25, 0.3) is 0 Å². The van der Waals surface area contributed by atoms with Crippen molar-refractivity contribution in [1.82, 2.24) is 0 Å². The molecule has 0 unspecified atom stereocenters. The van der Waals surface area contributed by atoms with E-state index in [1.165, 1.54) is 18.2 Å². The van der Waals surface area contributed by atoms with Crippen molar-refractivity contribution in [2.45, 2.75) is 12.2 Å². The van der Waals surface area contributed by atoms with Crippen LogP contribution < -0.4 is 5.73 Å². The molecule has 0 saturated heterocycles. The minimum atomic E-state index is -4.52.